The highest BCUT2D eigenvalue weighted by Gasteiger charge is 2.16. The minimum Gasteiger partial charge on any atom is -0.489 e. The molecule has 1 aromatic carbocycles. The van der Waals surface area contributed by atoms with Crippen LogP contribution in [0.1, 0.15) is 31.4 Å². The number of nitrogens with zero attached hydrogens (tertiary/aromatic N) is 4. The molecule has 1 aromatic heterocycles. The Morgan fingerprint density at radius 1 is 1.33 bits per heavy atom. The van der Waals surface area contributed by atoms with E-state index >= 15 is 0 Å². The topological polar surface area (TPSA) is 85.6 Å². The van der Waals surface area contributed by atoms with E-state index < -0.39 is 0 Å². The molecule has 2 atom stereocenters. The van der Waals surface area contributed by atoms with Gasteiger partial charge in [-0.3, -0.25) is 0 Å². The number of aromatic nitrogens is 3. The third-order valence-corrected chi connectivity index (χ3v) is 4.79. The lowest BCUT2D eigenvalue weighted by atomic mass is 10.2. The van der Waals surface area contributed by atoms with Crippen molar-refractivity contribution in [2.24, 2.45) is 12.0 Å². The van der Waals surface area contributed by atoms with Crippen LogP contribution in [0, 0.1) is 12.7 Å². The van der Waals surface area contributed by atoms with Gasteiger partial charge in [0, 0.05) is 20.2 Å². The molecule has 2 aromatic rings. The maximum atomic E-state index is 13.0. The maximum absolute atomic E-state index is 13.0. The van der Waals surface area contributed by atoms with Crippen molar-refractivity contribution in [3.05, 3.63) is 41.7 Å². The molecule has 0 amide bonds. The predicted octanol–water partition coefficient (Wildman–Crippen LogP) is 2.56. The Labute approximate surface area is 193 Å². The molecule has 1 aliphatic rings. The highest BCUT2D eigenvalue weighted by molar-refractivity contribution is 14.0. The van der Waals surface area contributed by atoms with Crippen LogP contribution in [0.5, 0.6) is 5.75 Å². The van der Waals surface area contributed by atoms with E-state index in [0.717, 1.165) is 31.1 Å². The number of guanidine groups is 1. The fourth-order valence-corrected chi connectivity index (χ4v) is 2.96. The molecule has 3 rings (SSSR count). The molecule has 0 bridgehead atoms. The first-order chi connectivity index (χ1) is 14.0. The Bertz CT molecular complexity index is 808. The molecule has 8 nitrogen and oxygen atoms in total. The Balaban J connectivity index is 0.00000320. The van der Waals surface area contributed by atoms with Crippen molar-refractivity contribution in [3.8, 4) is 5.75 Å². The molecular weight excluding hydrogens is 502 g/mol. The lowest BCUT2D eigenvalue weighted by Gasteiger charge is -2.19. The summed E-state index contributed by atoms with van der Waals surface area (Å²) >= 11 is 0. The number of halogens is 2. The van der Waals surface area contributed by atoms with Gasteiger partial charge in [-0.1, -0.05) is 0 Å². The van der Waals surface area contributed by atoms with Crippen LogP contribution in [0.2, 0.25) is 0 Å². The minimum atomic E-state index is -0.283. The lowest BCUT2D eigenvalue weighted by molar-refractivity contribution is 0.113. The Kier molecular flexibility index (Phi) is 9.76. The van der Waals surface area contributed by atoms with E-state index in [4.69, 9.17) is 9.47 Å². The van der Waals surface area contributed by atoms with E-state index in [1.54, 1.807) is 12.1 Å². The quantitative estimate of drug-likeness (QED) is 0.309. The van der Waals surface area contributed by atoms with Crippen LogP contribution in [0.4, 0.5) is 4.39 Å². The number of aryl methyl sites for hydroxylation is 1. The summed E-state index contributed by atoms with van der Waals surface area (Å²) in [6.45, 7) is 6.30. The number of hydrogen-bond acceptors (Lipinski definition) is 5. The van der Waals surface area contributed by atoms with Crippen LogP contribution < -0.4 is 15.4 Å². The van der Waals surface area contributed by atoms with E-state index in [1.807, 2.05) is 25.5 Å². The van der Waals surface area contributed by atoms with Gasteiger partial charge in [0.25, 0.3) is 0 Å². The van der Waals surface area contributed by atoms with E-state index in [1.165, 1.54) is 12.1 Å². The van der Waals surface area contributed by atoms with Crippen molar-refractivity contribution in [1.82, 2.24) is 25.4 Å². The molecule has 166 valence electrons. The number of ether oxygens (including phenoxy) is 2. The Hall–Kier alpha value is -1.95. The Morgan fingerprint density at radius 3 is 2.73 bits per heavy atom. The van der Waals surface area contributed by atoms with Gasteiger partial charge < -0.3 is 24.7 Å². The average Bonchev–Trinajstić information content (AvgIpc) is 3.34. The van der Waals surface area contributed by atoms with Crippen molar-refractivity contribution >= 4 is 29.9 Å². The van der Waals surface area contributed by atoms with E-state index in [9.17, 15) is 4.39 Å². The fourth-order valence-electron chi connectivity index (χ4n) is 2.96. The van der Waals surface area contributed by atoms with Gasteiger partial charge in [-0.2, -0.15) is 0 Å². The zero-order valence-corrected chi connectivity index (χ0v) is 19.9. The van der Waals surface area contributed by atoms with Crippen molar-refractivity contribution in [1.29, 1.82) is 0 Å². The van der Waals surface area contributed by atoms with Crippen LogP contribution in [-0.4, -0.2) is 52.6 Å². The molecule has 1 fully saturated rings. The third kappa shape index (κ3) is 7.38. The molecule has 0 aliphatic carbocycles. The van der Waals surface area contributed by atoms with Crippen LogP contribution in [-0.2, 0) is 18.3 Å². The highest BCUT2D eigenvalue weighted by Crippen LogP contribution is 2.13. The van der Waals surface area contributed by atoms with Crippen LogP contribution >= 0.6 is 24.0 Å². The van der Waals surface area contributed by atoms with Crippen LogP contribution in [0.25, 0.3) is 0 Å². The van der Waals surface area contributed by atoms with Crippen molar-refractivity contribution in [2.75, 3.05) is 19.7 Å². The maximum Gasteiger partial charge on any atom is 0.191 e. The summed E-state index contributed by atoms with van der Waals surface area (Å²) in [6, 6.07) is 6.00. The molecule has 0 saturated carbocycles. The summed E-state index contributed by atoms with van der Waals surface area (Å²) in [7, 11) is 1.92. The summed E-state index contributed by atoms with van der Waals surface area (Å²) in [6.07, 6.45) is 2.21. The minimum absolute atomic E-state index is 0. The monoisotopic (exact) mass is 532 g/mol. The second kappa shape index (κ2) is 12.0. The van der Waals surface area contributed by atoms with E-state index in [-0.39, 0.29) is 42.0 Å². The fraction of sp³-hybridized carbons (Fsp3) is 0.550. The molecule has 2 unspecified atom stereocenters. The Morgan fingerprint density at radius 2 is 2.10 bits per heavy atom. The summed E-state index contributed by atoms with van der Waals surface area (Å²) in [5, 5.41) is 14.9. The summed E-state index contributed by atoms with van der Waals surface area (Å²) < 4.78 is 26.4. The number of benzene rings is 1. The standard InChI is InChI=1S/C20H29FN6O2.HI/c1-14(29-17-8-6-16(21)7-9-17)11-22-20(23-12-18-5-4-10-28-18)24-13-19-26-25-15(2)27(19)3;/h6-9,14,18H,4-5,10-13H2,1-3H3,(H2,22,23,24);1H. The van der Waals surface area contributed by atoms with Gasteiger partial charge in [0.15, 0.2) is 11.8 Å². The van der Waals surface area contributed by atoms with Crippen LogP contribution in [0.3, 0.4) is 0 Å². The number of hydrogen-bond donors (Lipinski definition) is 2. The average molecular weight is 532 g/mol. The van der Waals surface area contributed by atoms with Gasteiger partial charge in [0.05, 0.1) is 12.6 Å². The third-order valence-electron chi connectivity index (χ3n) is 4.79. The molecule has 0 radical (unpaired) electrons. The van der Waals surface area contributed by atoms with Gasteiger partial charge in [-0.25, -0.2) is 9.38 Å². The number of nitrogens with one attached hydrogen (secondary N) is 2. The number of aliphatic imine (C=N–C) groups is 1. The van der Waals surface area contributed by atoms with E-state index in [0.29, 0.717) is 31.3 Å². The molecule has 10 heteroatoms. The summed E-state index contributed by atoms with van der Waals surface area (Å²) in [5.74, 6) is 2.64. The molecular formula is C20H30FIN6O2. The zero-order valence-electron chi connectivity index (χ0n) is 17.6. The first-order valence-electron chi connectivity index (χ1n) is 9.92. The molecule has 1 aliphatic heterocycles. The second-order valence-electron chi connectivity index (χ2n) is 7.17. The largest absolute Gasteiger partial charge is 0.489 e. The lowest BCUT2D eigenvalue weighted by Crippen LogP contribution is -2.44. The molecule has 2 heterocycles. The predicted molar refractivity (Wildman–Crippen MR) is 124 cm³/mol. The summed E-state index contributed by atoms with van der Waals surface area (Å²) in [5.41, 5.74) is 0. The first-order valence-corrected chi connectivity index (χ1v) is 9.92. The van der Waals surface area contributed by atoms with Crippen molar-refractivity contribution in [3.63, 3.8) is 0 Å². The van der Waals surface area contributed by atoms with Gasteiger partial charge in [0.1, 0.15) is 30.0 Å². The normalized spacial score (nSPS) is 17.3. The zero-order chi connectivity index (χ0) is 20.6. The molecule has 0 spiro atoms. The first kappa shape index (κ1) is 24.3. The summed E-state index contributed by atoms with van der Waals surface area (Å²) in [4.78, 5) is 4.63. The van der Waals surface area contributed by atoms with Crippen molar-refractivity contribution < 1.29 is 13.9 Å². The van der Waals surface area contributed by atoms with Gasteiger partial charge in [0.2, 0.25) is 0 Å². The van der Waals surface area contributed by atoms with Crippen LogP contribution in [0.15, 0.2) is 29.3 Å². The highest BCUT2D eigenvalue weighted by atomic mass is 127. The number of rotatable bonds is 8. The van der Waals surface area contributed by atoms with Gasteiger partial charge in [-0.05, 0) is 51.0 Å². The van der Waals surface area contributed by atoms with Gasteiger partial charge in [-0.15, -0.1) is 34.2 Å². The molecule has 2 N–H and O–H groups in total. The van der Waals surface area contributed by atoms with E-state index in [2.05, 4.69) is 25.8 Å². The molecule has 30 heavy (non-hydrogen) atoms. The smallest absolute Gasteiger partial charge is 0.191 e. The van der Waals surface area contributed by atoms with Gasteiger partial charge >= 0.3 is 0 Å². The SMILES string of the molecule is Cc1nnc(CN=C(NCC(C)Oc2ccc(F)cc2)NCC2CCCO2)n1C.I. The van der Waals surface area contributed by atoms with Crippen molar-refractivity contribution in [2.45, 2.75) is 45.4 Å². The molecule has 1 saturated heterocycles. The second-order valence-corrected chi connectivity index (χ2v) is 7.17.